The van der Waals surface area contributed by atoms with Gasteiger partial charge in [-0.1, -0.05) is 38.1 Å². The van der Waals surface area contributed by atoms with Gasteiger partial charge >= 0.3 is 0 Å². The van der Waals surface area contributed by atoms with Gasteiger partial charge in [0.1, 0.15) is 18.4 Å². The van der Waals surface area contributed by atoms with Crippen LogP contribution in [0.1, 0.15) is 39.2 Å². The standard InChI is InChI=1S/C24H31BrFN3O4S/c1-5-17(3)27-24(31)21(6-2)28(15-18-11-13-19(26)14-12-18)23(30)16-29(34(4,32)33)22-10-8-7-9-20(22)25/h7-14,17,21H,5-6,15-16H2,1-4H3,(H,27,31)/t17-,21-/m0/s1. The molecule has 0 unspecified atom stereocenters. The monoisotopic (exact) mass is 555 g/mol. The van der Waals surface area contributed by atoms with E-state index >= 15 is 0 Å². The molecule has 0 aliphatic heterocycles. The molecule has 186 valence electrons. The molecule has 2 amide bonds. The average molecular weight is 556 g/mol. The molecule has 2 rings (SSSR count). The quantitative estimate of drug-likeness (QED) is 0.452. The third-order valence-corrected chi connectivity index (χ3v) is 7.25. The van der Waals surface area contributed by atoms with Crippen molar-refractivity contribution in [2.45, 2.75) is 52.2 Å². The van der Waals surface area contributed by atoms with E-state index in [1.54, 1.807) is 31.2 Å². The van der Waals surface area contributed by atoms with Gasteiger partial charge in [-0.15, -0.1) is 0 Å². The zero-order valence-electron chi connectivity index (χ0n) is 19.8. The Hall–Kier alpha value is -2.46. The molecule has 0 heterocycles. The van der Waals surface area contributed by atoms with Crippen LogP contribution in [0, 0.1) is 5.82 Å². The van der Waals surface area contributed by atoms with E-state index in [1.807, 2.05) is 13.8 Å². The summed E-state index contributed by atoms with van der Waals surface area (Å²) in [5, 5.41) is 2.90. The van der Waals surface area contributed by atoms with Gasteiger partial charge in [-0.25, -0.2) is 12.8 Å². The van der Waals surface area contributed by atoms with Crippen LogP contribution in [0.25, 0.3) is 0 Å². The SMILES string of the molecule is CC[C@H](C)NC(=O)[C@H](CC)N(Cc1ccc(F)cc1)C(=O)CN(c1ccccc1Br)S(C)(=O)=O. The molecule has 10 heteroatoms. The highest BCUT2D eigenvalue weighted by atomic mass is 79.9. The van der Waals surface area contributed by atoms with Gasteiger partial charge < -0.3 is 10.2 Å². The number of hydrogen-bond acceptors (Lipinski definition) is 4. The van der Waals surface area contributed by atoms with Gasteiger partial charge in [0.15, 0.2) is 0 Å². The Kier molecular flexibility index (Phi) is 10.1. The van der Waals surface area contributed by atoms with E-state index in [-0.39, 0.29) is 18.5 Å². The number of hydrogen-bond donors (Lipinski definition) is 1. The van der Waals surface area contributed by atoms with Crippen LogP contribution in [0.3, 0.4) is 0 Å². The first-order chi connectivity index (χ1) is 16.0. The zero-order valence-corrected chi connectivity index (χ0v) is 22.2. The Morgan fingerprint density at radius 1 is 1.06 bits per heavy atom. The minimum Gasteiger partial charge on any atom is -0.352 e. The number of rotatable bonds is 11. The summed E-state index contributed by atoms with van der Waals surface area (Å²) in [4.78, 5) is 28.0. The van der Waals surface area contributed by atoms with Crippen LogP contribution < -0.4 is 9.62 Å². The Morgan fingerprint density at radius 2 is 1.68 bits per heavy atom. The van der Waals surface area contributed by atoms with Gasteiger partial charge in [-0.05, 0) is 65.5 Å². The number of halogens is 2. The first kappa shape index (κ1) is 27.8. The fourth-order valence-electron chi connectivity index (χ4n) is 3.40. The van der Waals surface area contributed by atoms with Gasteiger partial charge in [-0.2, -0.15) is 0 Å². The van der Waals surface area contributed by atoms with Crippen molar-refractivity contribution in [2.75, 3.05) is 17.1 Å². The lowest BCUT2D eigenvalue weighted by Crippen LogP contribution is -2.53. The van der Waals surface area contributed by atoms with Crippen LogP contribution in [-0.4, -0.2) is 50.0 Å². The molecule has 0 aliphatic carbocycles. The van der Waals surface area contributed by atoms with Crippen molar-refractivity contribution in [1.29, 1.82) is 0 Å². The molecule has 2 aromatic rings. The lowest BCUT2D eigenvalue weighted by Gasteiger charge is -2.33. The summed E-state index contributed by atoms with van der Waals surface area (Å²) < 4.78 is 40.2. The maximum atomic E-state index is 13.6. The minimum atomic E-state index is -3.82. The summed E-state index contributed by atoms with van der Waals surface area (Å²) in [6.07, 6.45) is 2.07. The van der Waals surface area contributed by atoms with Gasteiger partial charge in [0, 0.05) is 17.1 Å². The molecule has 1 N–H and O–H groups in total. The van der Waals surface area contributed by atoms with Crippen LogP contribution >= 0.6 is 15.9 Å². The molecule has 0 saturated heterocycles. The molecule has 34 heavy (non-hydrogen) atoms. The number of sulfonamides is 1. The zero-order chi connectivity index (χ0) is 25.5. The highest BCUT2D eigenvalue weighted by Gasteiger charge is 2.32. The van der Waals surface area contributed by atoms with Crippen LogP contribution in [0.4, 0.5) is 10.1 Å². The normalized spacial score (nSPS) is 13.1. The van der Waals surface area contributed by atoms with Gasteiger partial charge in [0.05, 0.1) is 11.9 Å². The Labute approximate surface area is 209 Å². The largest absolute Gasteiger partial charge is 0.352 e. The van der Waals surface area contributed by atoms with Crippen molar-refractivity contribution in [3.63, 3.8) is 0 Å². The van der Waals surface area contributed by atoms with E-state index in [4.69, 9.17) is 0 Å². The molecular weight excluding hydrogens is 525 g/mol. The van der Waals surface area contributed by atoms with E-state index in [9.17, 15) is 22.4 Å². The molecule has 0 aromatic heterocycles. The minimum absolute atomic E-state index is 0.0269. The highest BCUT2D eigenvalue weighted by molar-refractivity contribution is 9.10. The fourth-order valence-corrected chi connectivity index (χ4v) is 4.87. The molecule has 0 radical (unpaired) electrons. The van der Waals surface area contributed by atoms with Gasteiger partial charge in [0.25, 0.3) is 0 Å². The third-order valence-electron chi connectivity index (χ3n) is 5.45. The van der Waals surface area contributed by atoms with Crippen molar-refractivity contribution in [3.8, 4) is 0 Å². The molecule has 2 atom stereocenters. The van der Waals surface area contributed by atoms with Crippen molar-refractivity contribution >= 4 is 43.5 Å². The maximum Gasteiger partial charge on any atom is 0.244 e. The van der Waals surface area contributed by atoms with Gasteiger partial charge in [-0.3, -0.25) is 13.9 Å². The lowest BCUT2D eigenvalue weighted by atomic mass is 10.1. The maximum absolute atomic E-state index is 13.6. The summed E-state index contributed by atoms with van der Waals surface area (Å²) in [5.41, 5.74) is 0.938. The number of anilines is 1. The van der Waals surface area contributed by atoms with E-state index in [2.05, 4.69) is 21.2 Å². The number of carbonyl (C=O) groups excluding carboxylic acids is 2. The van der Waals surface area contributed by atoms with Crippen LogP contribution in [0.5, 0.6) is 0 Å². The lowest BCUT2D eigenvalue weighted by molar-refractivity contribution is -0.140. The van der Waals surface area contributed by atoms with Crippen LogP contribution in [0.15, 0.2) is 53.0 Å². The Balaban J connectivity index is 2.44. The molecule has 7 nitrogen and oxygen atoms in total. The van der Waals surface area contributed by atoms with E-state index in [0.717, 1.165) is 17.0 Å². The van der Waals surface area contributed by atoms with Gasteiger partial charge in [0.2, 0.25) is 21.8 Å². The number of nitrogens with zero attached hydrogens (tertiary/aromatic N) is 2. The summed E-state index contributed by atoms with van der Waals surface area (Å²) in [7, 11) is -3.82. The molecular formula is C24H31BrFN3O4S. The Morgan fingerprint density at radius 3 is 2.21 bits per heavy atom. The molecule has 0 aliphatic rings. The smallest absolute Gasteiger partial charge is 0.244 e. The molecule has 0 fully saturated rings. The first-order valence-electron chi connectivity index (χ1n) is 11.0. The van der Waals surface area contributed by atoms with E-state index in [0.29, 0.717) is 22.1 Å². The second-order valence-electron chi connectivity index (χ2n) is 8.11. The summed E-state index contributed by atoms with van der Waals surface area (Å²) in [6, 6.07) is 11.4. The van der Waals surface area contributed by atoms with Crippen molar-refractivity contribution < 1.29 is 22.4 Å². The van der Waals surface area contributed by atoms with E-state index in [1.165, 1.54) is 29.2 Å². The topological polar surface area (TPSA) is 86.8 Å². The number of para-hydroxylation sites is 1. The Bertz CT molecular complexity index is 1100. The van der Waals surface area contributed by atoms with Crippen LogP contribution in [0.2, 0.25) is 0 Å². The molecule has 0 bridgehead atoms. The summed E-state index contributed by atoms with van der Waals surface area (Å²) >= 11 is 3.35. The predicted molar refractivity (Wildman–Crippen MR) is 135 cm³/mol. The summed E-state index contributed by atoms with van der Waals surface area (Å²) in [6.45, 7) is 5.13. The van der Waals surface area contributed by atoms with Crippen LogP contribution in [-0.2, 0) is 26.2 Å². The molecule has 0 saturated carbocycles. The van der Waals surface area contributed by atoms with Crippen molar-refractivity contribution in [3.05, 3.63) is 64.4 Å². The fraction of sp³-hybridized carbons (Fsp3) is 0.417. The number of carbonyl (C=O) groups is 2. The number of amides is 2. The third kappa shape index (κ3) is 7.53. The van der Waals surface area contributed by atoms with Crippen molar-refractivity contribution in [1.82, 2.24) is 10.2 Å². The summed E-state index contributed by atoms with van der Waals surface area (Å²) in [5.74, 6) is -1.28. The average Bonchev–Trinajstić information content (AvgIpc) is 2.78. The first-order valence-corrected chi connectivity index (χ1v) is 13.7. The second-order valence-corrected chi connectivity index (χ2v) is 10.9. The second kappa shape index (κ2) is 12.3. The molecule has 2 aromatic carbocycles. The number of benzene rings is 2. The molecule has 0 spiro atoms. The van der Waals surface area contributed by atoms with Crippen molar-refractivity contribution in [2.24, 2.45) is 0 Å². The van der Waals surface area contributed by atoms with E-state index < -0.39 is 34.3 Å². The number of nitrogens with one attached hydrogen (secondary N) is 1. The highest BCUT2D eigenvalue weighted by Crippen LogP contribution is 2.28. The predicted octanol–water partition coefficient (Wildman–Crippen LogP) is 4.08.